The lowest BCUT2D eigenvalue weighted by molar-refractivity contribution is 0.487. The first kappa shape index (κ1) is 10.0. The summed E-state index contributed by atoms with van der Waals surface area (Å²) in [7, 11) is 2.01. The van der Waals surface area contributed by atoms with Crippen LogP contribution in [0.2, 0.25) is 0 Å². The summed E-state index contributed by atoms with van der Waals surface area (Å²) in [5.74, 6) is 0.818. The largest absolute Gasteiger partial charge is 0.351 e. The summed E-state index contributed by atoms with van der Waals surface area (Å²) >= 11 is 0. The molecule has 0 spiro atoms. The summed E-state index contributed by atoms with van der Waals surface area (Å²) in [5, 5.41) is 6.69. The molecule has 2 aliphatic rings. The number of aryl methyl sites for hydroxylation is 1. The molecule has 1 atom stereocenters. The number of fused-ring (bicyclic) bond motifs is 1. The fourth-order valence-electron chi connectivity index (χ4n) is 2.33. The Morgan fingerprint density at radius 2 is 2.19 bits per heavy atom. The third kappa shape index (κ3) is 1.89. The minimum absolute atomic E-state index is 0.443. The van der Waals surface area contributed by atoms with Gasteiger partial charge in [-0.05, 0) is 39.2 Å². The number of hydrogen-bond donors (Lipinski definition) is 2. The molecule has 2 aliphatic carbocycles. The summed E-state index contributed by atoms with van der Waals surface area (Å²) in [6, 6.07) is 1.07. The Kier molecular flexibility index (Phi) is 2.52. The van der Waals surface area contributed by atoms with E-state index in [1.165, 1.54) is 36.9 Å². The van der Waals surface area contributed by atoms with E-state index in [1.807, 2.05) is 13.2 Å². The van der Waals surface area contributed by atoms with E-state index in [9.17, 15) is 0 Å². The van der Waals surface area contributed by atoms with Crippen molar-refractivity contribution in [2.24, 2.45) is 0 Å². The number of nitrogens with zero attached hydrogens (tertiary/aromatic N) is 2. The fourth-order valence-corrected chi connectivity index (χ4v) is 2.33. The SMILES string of the molecule is CNC1CCCc2nc(NC3CC3)ncc21. The van der Waals surface area contributed by atoms with E-state index in [0.717, 1.165) is 12.4 Å². The average Bonchev–Trinajstić information content (AvgIpc) is 3.12. The third-order valence-corrected chi connectivity index (χ3v) is 3.44. The highest BCUT2D eigenvalue weighted by Crippen LogP contribution is 2.29. The van der Waals surface area contributed by atoms with Crippen LogP contribution in [0.5, 0.6) is 0 Å². The van der Waals surface area contributed by atoms with Gasteiger partial charge in [-0.15, -0.1) is 0 Å². The monoisotopic (exact) mass is 218 g/mol. The Morgan fingerprint density at radius 3 is 2.94 bits per heavy atom. The van der Waals surface area contributed by atoms with Gasteiger partial charge in [-0.25, -0.2) is 9.97 Å². The predicted octanol–water partition coefficient (Wildman–Crippen LogP) is 1.65. The Balaban J connectivity index is 1.85. The van der Waals surface area contributed by atoms with E-state index in [0.29, 0.717) is 12.1 Å². The molecule has 0 saturated heterocycles. The highest BCUT2D eigenvalue weighted by Gasteiger charge is 2.24. The maximum atomic E-state index is 4.63. The molecule has 16 heavy (non-hydrogen) atoms. The summed E-state index contributed by atoms with van der Waals surface area (Å²) < 4.78 is 0. The molecule has 3 rings (SSSR count). The normalized spacial score (nSPS) is 23.9. The number of nitrogens with one attached hydrogen (secondary N) is 2. The molecule has 4 nitrogen and oxygen atoms in total. The van der Waals surface area contributed by atoms with Gasteiger partial charge in [-0.1, -0.05) is 0 Å². The molecule has 4 heteroatoms. The maximum absolute atomic E-state index is 4.63. The molecule has 0 aromatic carbocycles. The van der Waals surface area contributed by atoms with E-state index in [-0.39, 0.29) is 0 Å². The average molecular weight is 218 g/mol. The van der Waals surface area contributed by atoms with Gasteiger partial charge >= 0.3 is 0 Å². The van der Waals surface area contributed by atoms with E-state index in [4.69, 9.17) is 0 Å². The van der Waals surface area contributed by atoms with Gasteiger partial charge in [-0.2, -0.15) is 0 Å². The van der Waals surface area contributed by atoms with Crippen LogP contribution in [-0.4, -0.2) is 23.1 Å². The van der Waals surface area contributed by atoms with Crippen LogP contribution in [0, 0.1) is 0 Å². The topological polar surface area (TPSA) is 49.8 Å². The lowest BCUT2D eigenvalue weighted by Gasteiger charge is -2.24. The summed E-state index contributed by atoms with van der Waals surface area (Å²) in [4.78, 5) is 9.04. The minimum atomic E-state index is 0.443. The maximum Gasteiger partial charge on any atom is 0.223 e. The summed E-state index contributed by atoms with van der Waals surface area (Å²) in [5.41, 5.74) is 2.51. The fraction of sp³-hybridized carbons (Fsp3) is 0.667. The zero-order chi connectivity index (χ0) is 11.0. The van der Waals surface area contributed by atoms with Crippen LogP contribution in [-0.2, 0) is 6.42 Å². The van der Waals surface area contributed by atoms with Gasteiger partial charge in [0, 0.05) is 23.8 Å². The van der Waals surface area contributed by atoms with Gasteiger partial charge < -0.3 is 10.6 Å². The van der Waals surface area contributed by atoms with Crippen molar-refractivity contribution in [1.29, 1.82) is 0 Å². The lowest BCUT2D eigenvalue weighted by atomic mass is 9.92. The van der Waals surface area contributed by atoms with Crippen LogP contribution in [0.3, 0.4) is 0 Å². The zero-order valence-electron chi connectivity index (χ0n) is 9.66. The highest BCUT2D eigenvalue weighted by atomic mass is 15.1. The Morgan fingerprint density at radius 1 is 1.31 bits per heavy atom. The van der Waals surface area contributed by atoms with Crippen LogP contribution < -0.4 is 10.6 Å². The number of hydrogen-bond acceptors (Lipinski definition) is 4. The van der Waals surface area contributed by atoms with Gasteiger partial charge in [0.05, 0.1) is 5.69 Å². The third-order valence-electron chi connectivity index (χ3n) is 3.44. The predicted molar refractivity (Wildman–Crippen MR) is 63.4 cm³/mol. The summed E-state index contributed by atoms with van der Waals surface area (Å²) in [6.07, 6.45) is 8.03. The van der Waals surface area contributed by atoms with Crippen molar-refractivity contribution in [2.45, 2.75) is 44.2 Å². The first-order valence-electron chi connectivity index (χ1n) is 6.16. The molecule has 0 bridgehead atoms. The van der Waals surface area contributed by atoms with Crippen LogP contribution in [0.15, 0.2) is 6.20 Å². The highest BCUT2D eigenvalue weighted by molar-refractivity contribution is 5.34. The first-order chi connectivity index (χ1) is 7.86. The second-order valence-corrected chi connectivity index (χ2v) is 4.75. The molecule has 1 unspecified atom stereocenters. The van der Waals surface area contributed by atoms with Crippen LogP contribution in [0.1, 0.15) is 43.0 Å². The van der Waals surface area contributed by atoms with Crippen LogP contribution in [0.4, 0.5) is 5.95 Å². The standard InChI is InChI=1S/C12H18N4/c1-13-10-3-2-4-11-9(10)7-14-12(16-11)15-8-5-6-8/h7-8,10,13H,2-6H2,1H3,(H,14,15,16). The molecule has 1 fully saturated rings. The van der Waals surface area contributed by atoms with Crippen LogP contribution in [0.25, 0.3) is 0 Å². The lowest BCUT2D eigenvalue weighted by Crippen LogP contribution is -2.23. The Bertz CT molecular complexity index is 387. The Labute approximate surface area is 95.9 Å². The van der Waals surface area contributed by atoms with Gasteiger partial charge in [-0.3, -0.25) is 0 Å². The number of aromatic nitrogens is 2. The summed E-state index contributed by atoms with van der Waals surface area (Å²) in [6.45, 7) is 0. The van der Waals surface area contributed by atoms with Gasteiger partial charge in [0.25, 0.3) is 0 Å². The molecule has 0 amide bonds. The number of anilines is 1. The quantitative estimate of drug-likeness (QED) is 0.810. The van der Waals surface area contributed by atoms with Gasteiger partial charge in [0.1, 0.15) is 0 Å². The second kappa shape index (κ2) is 4.01. The molecule has 1 aromatic rings. The van der Waals surface area contributed by atoms with Gasteiger partial charge in [0.15, 0.2) is 0 Å². The van der Waals surface area contributed by atoms with Crippen molar-refractivity contribution < 1.29 is 0 Å². The first-order valence-corrected chi connectivity index (χ1v) is 6.16. The van der Waals surface area contributed by atoms with Crippen molar-refractivity contribution in [3.63, 3.8) is 0 Å². The van der Waals surface area contributed by atoms with Crippen molar-refractivity contribution in [2.75, 3.05) is 12.4 Å². The van der Waals surface area contributed by atoms with Crippen molar-refractivity contribution in [3.8, 4) is 0 Å². The smallest absolute Gasteiger partial charge is 0.223 e. The van der Waals surface area contributed by atoms with Crippen molar-refractivity contribution >= 4 is 5.95 Å². The van der Waals surface area contributed by atoms with Crippen molar-refractivity contribution in [1.82, 2.24) is 15.3 Å². The number of rotatable bonds is 3. The molecular formula is C12H18N4. The molecule has 1 saturated carbocycles. The molecule has 1 heterocycles. The molecule has 0 aliphatic heterocycles. The molecule has 1 aromatic heterocycles. The molecule has 86 valence electrons. The van der Waals surface area contributed by atoms with Gasteiger partial charge in [0.2, 0.25) is 5.95 Å². The molecule has 0 radical (unpaired) electrons. The molecular weight excluding hydrogens is 200 g/mol. The van der Waals surface area contributed by atoms with Crippen molar-refractivity contribution in [3.05, 3.63) is 17.5 Å². The van der Waals surface area contributed by atoms with E-state index < -0.39 is 0 Å². The Hall–Kier alpha value is -1.16. The van der Waals surface area contributed by atoms with E-state index in [1.54, 1.807) is 0 Å². The second-order valence-electron chi connectivity index (χ2n) is 4.75. The van der Waals surface area contributed by atoms with E-state index in [2.05, 4.69) is 20.6 Å². The minimum Gasteiger partial charge on any atom is -0.351 e. The molecule has 2 N–H and O–H groups in total. The zero-order valence-corrected chi connectivity index (χ0v) is 9.66. The van der Waals surface area contributed by atoms with Crippen LogP contribution >= 0.6 is 0 Å². The van der Waals surface area contributed by atoms with E-state index >= 15 is 0 Å².